The molecule has 0 saturated heterocycles. The zero-order valence-electron chi connectivity index (χ0n) is 18.6. The number of rotatable bonds is 11. The monoisotopic (exact) mass is 440 g/mol. The summed E-state index contributed by atoms with van der Waals surface area (Å²) in [5.74, 6) is 2.34. The van der Waals surface area contributed by atoms with Crippen LogP contribution in [0.1, 0.15) is 44.6 Å². The number of fused-ring (bicyclic) bond motifs is 1. The molecule has 2 aromatic rings. The van der Waals surface area contributed by atoms with E-state index >= 15 is 0 Å². The van der Waals surface area contributed by atoms with Crippen LogP contribution in [0.3, 0.4) is 0 Å². The number of para-hydroxylation sites is 2. The van der Waals surface area contributed by atoms with Crippen molar-refractivity contribution in [1.29, 1.82) is 5.26 Å². The predicted octanol–water partition coefficient (Wildman–Crippen LogP) is 4.88. The maximum Gasteiger partial charge on any atom is 0.248 e. The van der Waals surface area contributed by atoms with Gasteiger partial charge in [-0.15, -0.1) is 0 Å². The first-order valence-corrected chi connectivity index (χ1v) is 10.7. The number of benzene rings is 2. The molecule has 8 nitrogen and oxygen atoms in total. The summed E-state index contributed by atoms with van der Waals surface area (Å²) in [7, 11) is 3.11. The Morgan fingerprint density at radius 2 is 1.81 bits per heavy atom. The van der Waals surface area contributed by atoms with E-state index in [4.69, 9.17) is 18.9 Å². The Kier molecular flexibility index (Phi) is 7.41. The molecule has 8 heteroatoms. The molecule has 0 aromatic heterocycles. The Balaban J connectivity index is 1.66. The van der Waals surface area contributed by atoms with Crippen molar-refractivity contribution in [3.8, 4) is 29.1 Å². The topological polar surface area (TPSA) is 104 Å². The van der Waals surface area contributed by atoms with Crippen LogP contribution in [-0.4, -0.2) is 31.5 Å². The van der Waals surface area contributed by atoms with Crippen molar-refractivity contribution >= 4 is 0 Å². The molecule has 170 valence electrons. The van der Waals surface area contributed by atoms with Crippen LogP contribution < -0.4 is 18.9 Å². The highest BCUT2D eigenvalue weighted by Gasteiger charge is 2.35. The molecule has 2 unspecified atom stereocenters. The molecule has 0 aliphatic carbocycles. The van der Waals surface area contributed by atoms with Gasteiger partial charge in [0.1, 0.15) is 0 Å². The molecule has 0 saturated carbocycles. The van der Waals surface area contributed by atoms with Crippen LogP contribution >= 0.6 is 0 Å². The Hall–Kier alpha value is -3.47. The maximum absolute atomic E-state index is 11.7. The molecular weight excluding hydrogens is 412 g/mol. The lowest BCUT2D eigenvalue weighted by Gasteiger charge is -2.27. The average molecular weight is 440 g/mol. The smallest absolute Gasteiger partial charge is 0.248 e. The summed E-state index contributed by atoms with van der Waals surface area (Å²) < 4.78 is 22.1. The van der Waals surface area contributed by atoms with E-state index in [0.29, 0.717) is 48.7 Å². The molecule has 0 fully saturated rings. The Labute approximate surface area is 187 Å². The van der Waals surface area contributed by atoms with Gasteiger partial charge in [0.05, 0.1) is 32.1 Å². The molecule has 2 atom stereocenters. The molecule has 1 heterocycles. The van der Waals surface area contributed by atoms with E-state index in [9.17, 15) is 15.4 Å². The zero-order valence-corrected chi connectivity index (χ0v) is 18.6. The third-order valence-electron chi connectivity index (χ3n) is 6.02. The van der Waals surface area contributed by atoms with Gasteiger partial charge in [0.15, 0.2) is 23.0 Å². The normalized spacial score (nSPS) is 15.4. The van der Waals surface area contributed by atoms with Crippen molar-refractivity contribution < 1.29 is 23.9 Å². The summed E-state index contributed by atoms with van der Waals surface area (Å²) >= 11 is 0. The summed E-state index contributed by atoms with van der Waals surface area (Å²) in [5, 5.41) is 21.7. The predicted molar refractivity (Wildman–Crippen MR) is 118 cm³/mol. The van der Waals surface area contributed by atoms with Crippen LogP contribution in [0.4, 0.5) is 0 Å². The van der Waals surface area contributed by atoms with E-state index in [-0.39, 0.29) is 11.3 Å². The Morgan fingerprint density at radius 1 is 1.16 bits per heavy atom. The third-order valence-corrected chi connectivity index (χ3v) is 6.02. The fourth-order valence-corrected chi connectivity index (χ4v) is 4.08. The lowest BCUT2D eigenvalue weighted by Crippen LogP contribution is -2.31. The lowest BCUT2D eigenvalue weighted by atomic mass is 9.75. The molecule has 0 amide bonds. The number of ether oxygens (including phenoxy) is 4. The van der Waals surface area contributed by atoms with Gasteiger partial charge in [0.25, 0.3) is 0 Å². The number of nitriles is 1. The Morgan fingerprint density at radius 3 is 2.34 bits per heavy atom. The van der Waals surface area contributed by atoms with Crippen molar-refractivity contribution in [3.05, 3.63) is 58.1 Å². The first-order valence-electron chi connectivity index (χ1n) is 10.7. The fraction of sp³-hybridized carbons (Fsp3) is 0.458. The van der Waals surface area contributed by atoms with Crippen molar-refractivity contribution in [2.45, 2.75) is 56.8 Å². The standard InChI is InChI=1S/C24H28N2O6/c1-4-24(16-25,17-11-12-19(29-2)22(14-17)30-3)13-7-8-18(26(27)28)15-23-31-20-9-5-6-10-21(20)32-23/h5-6,9-12,14,18,23H,4,7-8,13,15H2,1-3H3. The van der Waals surface area contributed by atoms with E-state index < -0.39 is 17.7 Å². The third kappa shape index (κ3) is 4.88. The summed E-state index contributed by atoms with van der Waals surface area (Å²) in [6, 6.07) is 14.3. The quantitative estimate of drug-likeness (QED) is 0.362. The molecule has 0 spiro atoms. The number of methoxy groups -OCH3 is 2. The minimum Gasteiger partial charge on any atom is -0.493 e. The van der Waals surface area contributed by atoms with Crippen molar-refractivity contribution in [2.75, 3.05) is 14.2 Å². The highest BCUT2D eigenvalue weighted by Crippen LogP contribution is 2.39. The van der Waals surface area contributed by atoms with Gasteiger partial charge in [-0.1, -0.05) is 25.1 Å². The SMILES string of the molecule is CCC(C#N)(CCCC(CC1Oc2ccccc2O1)[N+](=O)[O-])c1ccc(OC)c(OC)c1. The van der Waals surface area contributed by atoms with Crippen LogP contribution in [0.5, 0.6) is 23.0 Å². The first kappa shape index (κ1) is 23.2. The second kappa shape index (κ2) is 10.2. The highest BCUT2D eigenvalue weighted by atomic mass is 16.7. The minimum absolute atomic E-state index is 0.143. The van der Waals surface area contributed by atoms with E-state index in [0.717, 1.165) is 5.56 Å². The van der Waals surface area contributed by atoms with Gasteiger partial charge in [0, 0.05) is 11.3 Å². The molecule has 0 radical (unpaired) electrons. The average Bonchev–Trinajstić information content (AvgIpc) is 3.23. The highest BCUT2D eigenvalue weighted by molar-refractivity contribution is 5.47. The number of hydrogen-bond donors (Lipinski definition) is 0. The summed E-state index contributed by atoms with van der Waals surface area (Å²) in [4.78, 5) is 11.4. The summed E-state index contributed by atoms with van der Waals surface area (Å²) in [6.07, 6.45) is 1.37. The molecule has 0 bridgehead atoms. The van der Waals surface area contributed by atoms with Crippen molar-refractivity contribution in [3.63, 3.8) is 0 Å². The summed E-state index contributed by atoms with van der Waals surface area (Å²) in [6.45, 7) is 1.95. The molecular formula is C24H28N2O6. The van der Waals surface area contributed by atoms with Crippen molar-refractivity contribution in [2.24, 2.45) is 0 Å². The molecule has 0 N–H and O–H groups in total. The van der Waals surface area contributed by atoms with E-state index in [1.54, 1.807) is 32.4 Å². The zero-order chi connectivity index (χ0) is 23.1. The van der Waals surface area contributed by atoms with Crippen LogP contribution in [0, 0.1) is 21.4 Å². The van der Waals surface area contributed by atoms with E-state index in [1.807, 2.05) is 31.2 Å². The summed E-state index contributed by atoms with van der Waals surface area (Å²) in [5.41, 5.74) is 0.0489. The molecule has 1 aliphatic heterocycles. The van der Waals surface area contributed by atoms with Gasteiger partial charge >= 0.3 is 0 Å². The maximum atomic E-state index is 11.7. The second-order valence-corrected chi connectivity index (χ2v) is 7.80. The van der Waals surface area contributed by atoms with E-state index in [2.05, 4.69) is 6.07 Å². The molecule has 2 aromatic carbocycles. The molecule has 1 aliphatic rings. The molecule has 32 heavy (non-hydrogen) atoms. The number of nitrogens with zero attached hydrogens (tertiary/aromatic N) is 2. The van der Waals surface area contributed by atoms with E-state index in [1.165, 1.54) is 0 Å². The lowest BCUT2D eigenvalue weighted by molar-refractivity contribution is -0.527. The van der Waals surface area contributed by atoms with Gasteiger partial charge < -0.3 is 18.9 Å². The molecule has 3 rings (SSSR count). The van der Waals surface area contributed by atoms with Gasteiger partial charge in [-0.3, -0.25) is 10.1 Å². The second-order valence-electron chi connectivity index (χ2n) is 7.80. The van der Waals surface area contributed by atoms with Crippen molar-refractivity contribution in [1.82, 2.24) is 0 Å². The minimum atomic E-state index is -0.826. The fourth-order valence-electron chi connectivity index (χ4n) is 4.08. The Bertz CT molecular complexity index is 964. The van der Waals surface area contributed by atoms with Crippen LogP contribution in [-0.2, 0) is 5.41 Å². The van der Waals surface area contributed by atoms with Gasteiger partial charge in [0.2, 0.25) is 12.3 Å². The first-order chi connectivity index (χ1) is 15.5. The number of nitro groups is 1. The van der Waals surface area contributed by atoms with Gasteiger partial charge in [-0.25, -0.2) is 0 Å². The van der Waals surface area contributed by atoms with Gasteiger partial charge in [-0.2, -0.15) is 5.26 Å². The van der Waals surface area contributed by atoms with Crippen LogP contribution in [0.2, 0.25) is 0 Å². The van der Waals surface area contributed by atoms with Gasteiger partial charge in [-0.05, 0) is 49.1 Å². The largest absolute Gasteiger partial charge is 0.493 e. The van der Waals surface area contributed by atoms with Crippen LogP contribution in [0.25, 0.3) is 0 Å². The van der Waals surface area contributed by atoms with Crippen LogP contribution in [0.15, 0.2) is 42.5 Å². The number of hydrogen-bond acceptors (Lipinski definition) is 7.